The molecule has 0 radical (unpaired) electrons. The van der Waals surface area contributed by atoms with Crippen molar-refractivity contribution >= 4 is 62.3 Å². The van der Waals surface area contributed by atoms with Gasteiger partial charge in [-0.15, -0.1) is 0 Å². The minimum atomic E-state index is -3.89. The maximum atomic E-state index is 13.5. The van der Waals surface area contributed by atoms with E-state index in [4.69, 9.17) is 39.5 Å². The molecule has 1 atom stereocenters. The lowest BCUT2D eigenvalue weighted by Crippen LogP contribution is -2.51. The summed E-state index contributed by atoms with van der Waals surface area (Å²) in [6.45, 7) is 2.98. The van der Waals surface area contributed by atoms with E-state index in [2.05, 4.69) is 5.32 Å². The zero-order valence-electron chi connectivity index (χ0n) is 19.1. The lowest BCUT2D eigenvalue weighted by Gasteiger charge is -2.32. The van der Waals surface area contributed by atoms with E-state index in [1.54, 1.807) is 32.0 Å². The number of anilines is 1. The zero-order valence-corrected chi connectivity index (χ0v) is 22.2. The highest BCUT2D eigenvalue weighted by Crippen LogP contribution is 2.31. The number of sulfonamides is 1. The van der Waals surface area contributed by atoms with Crippen molar-refractivity contribution in [1.29, 1.82) is 0 Å². The van der Waals surface area contributed by atoms with Crippen LogP contribution in [0.15, 0.2) is 36.4 Å². The SMILES string of the molecule is CCNC(=O)[C@H](C)N(Cc1c(Cl)cccc1Cl)C(=O)CN(c1ccc(OC)c(Cl)c1)S(C)(=O)=O. The summed E-state index contributed by atoms with van der Waals surface area (Å²) in [5, 5.41) is 3.48. The predicted octanol–water partition coefficient (Wildman–Crippen LogP) is 3.97. The molecule has 0 saturated carbocycles. The summed E-state index contributed by atoms with van der Waals surface area (Å²) in [6, 6.07) is 8.32. The van der Waals surface area contributed by atoms with E-state index >= 15 is 0 Å². The van der Waals surface area contributed by atoms with Crippen LogP contribution in [0.25, 0.3) is 0 Å². The first kappa shape index (κ1) is 28.0. The number of ether oxygens (including phenoxy) is 1. The van der Waals surface area contributed by atoms with E-state index in [0.29, 0.717) is 27.9 Å². The molecule has 0 saturated heterocycles. The summed E-state index contributed by atoms with van der Waals surface area (Å²) in [4.78, 5) is 27.3. The molecule has 0 fully saturated rings. The monoisotopic (exact) mass is 549 g/mol. The van der Waals surface area contributed by atoms with Gasteiger partial charge in [-0.1, -0.05) is 40.9 Å². The first-order valence-electron chi connectivity index (χ1n) is 10.2. The second-order valence-corrected chi connectivity index (χ2v) is 10.5. The summed E-state index contributed by atoms with van der Waals surface area (Å²) >= 11 is 18.7. The van der Waals surface area contributed by atoms with Gasteiger partial charge in [-0.2, -0.15) is 0 Å². The molecule has 0 aliphatic heterocycles. The van der Waals surface area contributed by atoms with Crippen LogP contribution >= 0.6 is 34.8 Å². The van der Waals surface area contributed by atoms with Crippen LogP contribution in [0.5, 0.6) is 5.75 Å². The highest BCUT2D eigenvalue weighted by atomic mass is 35.5. The van der Waals surface area contributed by atoms with Crippen molar-refractivity contribution in [1.82, 2.24) is 10.2 Å². The molecule has 2 aromatic rings. The van der Waals surface area contributed by atoms with Crippen LogP contribution in [0.3, 0.4) is 0 Å². The van der Waals surface area contributed by atoms with Gasteiger partial charge in [0.05, 0.1) is 24.1 Å². The largest absolute Gasteiger partial charge is 0.495 e. The van der Waals surface area contributed by atoms with Crippen LogP contribution in [0, 0.1) is 0 Å². The van der Waals surface area contributed by atoms with E-state index in [-0.39, 0.29) is 17.3 Å². The Balaban J connectivity index is 2.47. The van der Waals surface area contributed by atoms with Crippen molar-refractivity contribution in [3.63, 3.8) is 0 Å². The van der Waals surface area contributed by atoms with Gasteiger partial charge in [0.2, 0.25) is 21.8 Å². The predicted molar refractivity (Wildman–Crippen MR) is 135 cm³/mol. The standard InChI is InChI=1S/C22H26Cl3N3O5S/c1-5-26-22(30)14(2)27(12-16-17(23)7-6-8-18(16)24)21(29)13-28(34(4,31)32)15-9-10-20(33-3)19(25)11-15/h6-11,14H,5,12-13H2,1-4H3,(H,26,30)/t14-/m0/s1. The van der Waals surface area contributed by atoms with Crippen LogP contribution in [0.4, 0.5) is 5.69 Å². The van der Waals surface area contributed by atoms with Gasteiger partial charge in [0.1, 0.15) is 18.3 Å². The Kier molecular flexibility index (Phi) is 9.87. The Bertz CT molecular complexity index is 1140. The average molecular weight is 551 g/mol. The quantitative estimate of drug-likeness (QED) is 0.483. The zero-order chi connectivity index (χ0) is 25.6. The second kappa shape index (κ2) is 12.0. The Morgan fingerprint density at radius 2 is 1.71 bits per heavy atom. The van der Waals surface area contributed by atoms with Crippen LogP contribution in [0.2, 0.25) is 15.1 Å². The molecule has 0 aromatic heterocycles. The molecule has 2 aromatic carbocycles. The van der Waals surface area contributed by atoms with Gasteiger partial charge in [0, 0.05) is 28.7 Å². The molecule has 0 heterocycles. The molecule has 0 aliphatic carbocycles. The third-order valence-corrected chi connectivity index (χ3v) is 7.16. The summed E-state index contributed by atoms with van der Waals surface area (Å²) in [5.74, 6) is -0.686. The van der Waals surface area contributed by atoms with Gasteiger partial charge >= 0.3 is 0 Å². The van der Waals surface area contributed by atoms with E-state index in [0.717, 1.165) is 10.6 Å². The number of amides is 2. The number of nitrogens with zero attached hydrogens (tertiary/aromatic N) is 2. The Morgan fingerprint density at radius 3 is 2.21 bits per heavy atom. The lowest BCUT2D eigenvalue weighted by atomic mass is 10.1. The maximum absolute atomic E-state index is 13.5. The molecule has 0 unspecified atom stereocenters. The Morgan fingerprint density at radius 1 is 1.09 bits per heavy atom. The fraction of sp³-hybridized carbons (Fsp3) is 0.364. The van der Waals surface area contributed by atoms with E-state index in [1.165, 1.54) is 30.2 Å². The van der Waals surface area contributed by atoms with Gasteiger partial charge in [-0.25, -0.2) is 8.42 Å². The normalized spacial score (nSPS) is 12.1. The number of likely N-dealkylation sites (N-methyl/N-ethyl adjacent to an activating group) is 1. The van der Waals surface area contributed by atoms with Gasteiger partial charge in [0.15, 0.2) is 0 Å². The van der Waals surface area contributed by atoms with Crippen molar-refractivity contribution in [2.45, 2.75) is 26.4 Å². The molecule has 12 heteroatoms. The topological polar surface area (TPSA) is 96.0 Å². The molecular formula is C22H26Cl3N3O5S. The number of carbonyl (C=O) groups is 2. The molecule has 34 heavy (non-hydrogen) atoms. The number of carbonyl (C=O) groups excluding carboxylic acids is 2. The number of rotatable bonds is 10. The summed E-state index contributed by atoms with van der Waals surface area (Å²) in [6.07, 6.45) is 0.973. The van der Waals surface area contributed by atoms with Crippen molar-refractivity contribution in [2.24, 2.45) is 0 Å². The third-order valence-electron chi connectivity index (χ3n) is 5.01. The van der Waals surface area contributed by atoms with Crippen LogP contribution in [-0.4, -0.2) is 57.6 Å². The molecule has 0 spiro atoms. The summed E-state index contributed by atoms with van der Waals surface area (Å²) in [5.41, 5.74) is 0.608. The number of hydrogen-bond donors (Lipinski definition) is 1. The number of benzene rings is 2. The van der Waals surface area contributed by atoms with Crippen molar-refractivity contribution < 1.29 is 22.7 Å². The van der Waals surface area contributed by atoms with Gasteiger partial charge in [-0.3, -0.25) is 13.9 Å². The highest BCUT2D eigenvalue weighted by molar-refractivity contribution is 7.92. The maximum Gasteiger partial charge on any atom is 0.244 e. The third kappa shape index (κ3) is 6.91. The molecule has 2 amide bonds. The van der Waals surface area contributed by atoms with Crippen LogP contribution in [-0.2, 0) is 26.2 Å². The number of halogens is 3. The minimum Gasteiger partial charge on any atom is -0.495 e. The second-order valence-electron chi connectivity index (χ2n) is 7.38. The van der Waals surface area contributed by atoms with Gasteiger partial charge in [0.25, 0.3) is 0 Å². The molecule has 0 aliphatic rings. The molecule has 8 nitrogen and oxygen atoms in total. The smallest absolute Gasteiger partial charge is 0.244 e. The Hall–Kier alpha value is -2.20. The number of hydrogen-bond acceptors (Lipinski definition) is 5. The molecule has 1 N–H and O–H groups in total. The van der Waals surface area contributed by atoms with E-state index in [9.17, 15) is 18.0 Å². The Labute approximate surface area is 214 Å². The molecule has 2 rings (SSSR count). The minimum absolute atomic E-state index is 0.101. The van der Waals surface area contributed by atoms with Crippen LogP contribution in [0.1, 0.15) is 19.4 Å². The fourth-order valence-corrected chi connectivity index (χ4v) is 4.79. The number of nitrogens with one attached hydrogen (secondary N) is 1. The highest BCUT2D eigenvalue weighted by Gasteiger charge is 2.31. The van der Waals surface area contributed by atoms with Gasteiger partial charge in [-0.05, 0) is 44.2 Å². The first-order chi connectivity index (χ1) is 15.9. The van der Waals surface area contributed by atoms with E-state index in [1.807, 2.05) is 0 Å². The lowest BCUT2D eigenvalue weighted by molar-refractivity contribution is -0.139. The van der Waals surface area contributed by atoms with E-state index < -0.39 is 34.4 Å². The molecule has 186 valence electrons. The summed E-state index contributed by atoms with van der Waals surface area (Å²) < 4.78 is 31.2. The summed E-state index contributed by atoms with van der Waals surface area (Å²) in [7, 11) is -2.46. The molecular weight excluding hydrogens is 525 g/mol. The average Bonchev–Trinajstić information content (AvgIpc) is 2.76. The van der Waals surface area contributed by atoms with Crippen LogP contribution < -0.4 is 14.4 Å². The fourth-order valence-electron chi connectivity index (χ4n) is 3.18. The van der Waals surface area contributed by atoms with Crippen molar-refractivity contribution in [3.05, 3.63) is 57.0 Å². The van der Waals surface area contributed by atoms with Gasteiger partial charge < -0.3 is 15.0 Å². The van der Waals surface area contributed by atoms with Crippen molar-refractivity contribution in [3.8, 4) is 5.75 Å². The molecule has 0 bridgehead atoms. The van der Waals surface area contributed by atoms with Crippen molar-refractivity contribution in [2.75, 3.05) is 30.8 Å². The number of methoxy groups -OCH3 is 1. The first-order valence-corrected chi connectivity index (χ1v) is 13.2.